The highest BCUT2D eigenvalue weighted by atomic mass is 32.2. The second-order valence-electron chi connectivity index (χ2n) is 6.48. The summed E-state index contributed by atoms with van der Waals surface area (Å²) in [5.41, 5.74) is 7.80. The minimum atomic E-state index is -3.72. The van der Waals surface area contributed by atoms with Crippen molar-refractivity contribution in [1.29, 1.82) is 0 Å². The summed E-state index contributed by atoms with van der Waals surface area (Å²) in [5.74, 6) is 0. The molecule has 7 nitrogen and oxygen atoms in total. The molecule has 0 aliphatic rings. The molecule has 0 bridgehead atoms. The SMILES string of the molecule is Cn1c(=O)n(C)c2cc(S(=O)(=O)N(CCN)CCc3ccccc3)ccc21. The Morgan fingerprint density at radius 3 is 2.30 bits per heavy atom. The van der Waals surface area contributed by atoms with Gasteiger partial charge in [0, 0.05) is 33.7 Å². The first-order valence-electron chi connectivity index (χ1n) is 8.76. The van der Waals surface area contributed by atoms with Gasteiger partial charge in [0.15, 0.2) is 0 Å². The molecule has 0 spiro atoms. The zero-order valence-corrected chi connectivity index (χ0v) is 16.3. The average Bonchev–Trinajstić information content (AvgIpc) is 2.89. The number of fused-ring (bicyclic) bond motifs is 1. The number of aryl methyl sites for hydroxylation is 2. The topological polar surface area (TPSA) is 90.3 Å². The Morgan fingerprint density at radius 1 is 0.963 bits per heavy atom. The molecular formula is C19H24N4O3S. The molecule has 3 aromatic rings. The molecule has 0 radical (unpaired) electrons. The Kier molecular flexibility index (Phi) is 5.50. The van der Waals surface area contributed by atoms with Gasteiger partial charge in [0.25, 0.3) is 0 Å². The molecule has 0 fully saturated rings. The first-order chi connectivity index (χ1) is 12.9. The fraction of sp³-hybridized carbons (Fsp3) is 0.316. The standard InChI is InChI=1S/C19H24N4O3S/c1-21-17-9-8-16(14-18(17)22(2)19(21)24)27(25,26)23(13-11-20)12-10-15-6-4-3-5-7-15/h3-9,14H,10-13,20H2,1-2H3. The smallest absolute Gasteiger partial charge is 0.328 e. The maximum atomic E-state index is 13.2. The Bertz CT molecular complexity index is 1100. The van der Waals surface area contributed by atoms with Gasteiger partial charge in [-0.15, -0.1) is 0 Å². The number of nitrogens with zero attached hydrogens (tertiary/aromatic N) is 3. The van der Waals surface area contributed by atoms with E-state index in [0.29, 0.717) is 24.0 Å². The maximum Gasteiger partial charge on any atom is 0.328 e. The van der Waals surface area contributed by atoms with Crippen molar-refractivity contribution in [1.82, 2.24) is 13.4 Å². The van der Waals surface area contributed by atoms with Crippen molar-refractivity contribution in [2.24, 2.45) is 19.8 Å². The van der Waals surface area contributed by atoms with Crippen LogP contribution in [-0.2, 0) is 30.5 Å². The van der Waals surface area contributed by atoms with Crippen LogP contribution in [0.25, 0.3) is 11.0 Å². The van der Waals surface area contributed by atoms with E-state index in [4.69, 9.17) is 5.73 Å². The minimum Gasteiger partial charge on any atom is -0.329 e. The van der Waals surface area contributed by atoms with Crippen LogP contribution in [0.2, 0.25) is 0 Å². The molecule has 1 heterocycles. The summed E-state index contributed by atoms with van der Waals surface area (Å²) in [5, 5.41) is 0. The Hall–Kier alpha value is -2.42. The maximum absolute atomic E-state index is 13.2. The summed E-state index contributed by atoms with van der Waals surface area (Å²) in [6.07, 6.45) is 0.603. The van der Waals surface area contributed by atoms with E-state index in [2.05, 4.69) is 0 Å². The Labute approximate surface area is 158 Å². The Balaban J connectivity index is 1.95. The third-order valence-electron chi connectivity index (χ3n) is 4.75. The predicted molar refractivity (Wildman–Crippen MR) is 106 cm³/mol. The number of nitrogens with two attached hydrogens (primary N) is 1. The molecule has 0 unspecified atom stereocenters. The molecule has 2 N–H and O–H groups in total. The zero-order valence-electron chi connectivity index (χ0n) is 15.5. The second-order valence-corrected chi connectivity index (χ2v) is 8.42. The molecule has 0 saturated carbocycles. The molecule has 0 saturated heterocycles. The summed E-state index contributed by atoms with van der Waals surface area (Å²) in [7, 11) is -0.417. The minimum absolute atomic E-state index is 0.165. The van der Waals surface area contributed by atoms with Crippen LogP contribution in [0.1, 0.15) is 5.56 Å². The lowest BCUT2D eigenvalue weighted by Crippen LogP contribution is -2.36. The van der Waals surface area contributed by atoms with Gasteiger partial charge < -0.3 is 5.73 Å². The first kappa shape index (κ1) is 19.3. The lowest BCUT2D eigenvalue weighted by atomic mass is 10.1. The van der Waals surface area contributed by atoms with Crippen LogP contribution in [0, 0.1) is 0 Å². The van der Waals surface area contributed by atoms with Crippen LogP contribution >= 0.6 is 0 Å². The number of benzene rings is 2. The highest BCUT2D eigenvalue weighted by Gasteiger charge is 2.25. The van der Waals surface area contributed by atoms with Crippen molar-refractivity contribution in [2.45, 2.75) is 11.3 Å². The zero-order chi connectivity index (χ0) is 19.6. The van der Waals surface area contributed by atoms with Crippen LogP contribution in [-0.4, -0.2) is 41.5 Å². The van der Waals surface area contributed by atoms with Crippen molar-refractivity contribution in [3.63, 3.8) is 0 Å². The molecule has 3 rings (SSSR count). The summed E-state index contributed by atoms with van der Waals surface area (Å²) < 4.78 is 30.7. The summed E-state index contributed by atoms with van der Waals surface area (Å²) >= 11 is 0. The summed E-state index contributed by atoms with van der Waals surface area (Å²) in [4.78, 5) is 12.3. The van der Waals surface area contributed by atoms with E-state index < -0.39 is 10.0 Å². The van der Waals surface area contributed by atoms with Crippen LogP contribution < -0.4 is 11.4 Å². The number of aromatic nitrogens is 2. The molecule has 0 atom stereocenters. The van der Waals surface area contributed by atoms with Crippen molar-refractivity contribution in [3.8, 4) is 0 Å². The largest absolute Gasteiger partial charge is 0.329 e. The van der Waals surface area contributed by atoms with Crippen LogP contribution in [0.5, 0.6) is 0 Å². The van der Waals surface area contributed by atoms with Crippen molar-refractivity contribution < 1.29 is 8.42 Å². The molecule has 0 aliphatic heterocycles. The lowest BCUT2D eigenvalue weighted by Gasteiger charge is -2.21. The van der Waals surface area contributed by atoms with Crippen LogP contribution in [0.3, 0.4) is 0 Å². The fourth-order valence-corrected chi connectivity index (χ4v) is 4.67. The summed E-state index contributed by atoms with van der Waals surface area (Å²) in [6, 6.07) is 14.5. The van der Waals surface area contributed by atoms with E-state index in [1.165, 1.54) is 13.4 Å². The normalized spacial score (nSPS) is 12.1. The molecule has 1 aromatic heterocycles. The van der Waals surface area contributed by atoms with Gasteiger partial charge >= 0.3 is 5.69 Å². The summed E-state index contributed by atoms with van der Waals surface area (Å²) in [6.45, 7) is 0.816. The highest BCUT2D eigenvalue weighted by Crippen LogP contribution is 2.21. The lowest BCUT2D eigenvalue weighted by molar-refractivity contribution is 0.422. The predicted octanol–water partition coefficient (Wildman–Crippen LogP) is 1.07. The number of sulfonamides is 1. The number of imidazole rings is 1. The van der Waals surface area contributed by atoms with Gasteiger partial charge in [-0.2, -0.15) is 4.31 Å². The molecule has 0 amide bonds. The molecule has 144 valence electrons. The number of hydrogen-bond donors (Lipinski definition) is 1. The van der Waals surface area contributed by atoms with Gasteiger partial charge in [0.2, 0.25) is 10.0 Å². The van der Waals surface area contributed by atoms with Crippen LogP contribution in [0.15, 0.2) is 58.2 Å². The Morgan fingerprint density at radius 2 is 1.63 bits per heavy atom. The monoisotopic (exact) mass is 388 g/mol. The molecule has 8 heteroatoms. The third kappa shape index (κ3) is 3.69. The second kappa shape index (κ2) is 7.67. The molecular weight excluding hydrogens is 364 g/mol. The first-order valence-corrected chi connectivity index (χ1v) is 10.2. The quantitative estimate of drug-likeness (QED) is 0.655. The number of hydrogen-bond acceptors (Lipinski definition) is 4. The molecule has 2 aromatic carbocycles. The highest BCUT2D eigenvalue weighted by molar-refractivity contribution is 7.89. The van der Waals surface area contributed by atoms with Crippen molar-refractivity contribution in [3.05, 3.63) is 64.6 Å². The fourth-order valence-electron chi connectivity index (χ4n) is 3.19. The van der Waals surface area contributed by atoms with E-state index in [0.717, 1.165) is 5.56 Å². The van der Waals surface area contributed by atoms with E-state index in [1.54, 1.807) is 32.3 Å². The van der Waals surface area contributed by atoms with E-state index in [-0.39, 0.29) is 23.7 Å². The van der Waals surface area contributed by atoms with Crippen molar-refractivity contribution >= 4 is 21.1 Å². The molecule has 27 heavy (non-hydrogen) atoms. The van der Waals surface area contributed by atoms with E-state index in [1.807, 2.05) is 30.3 Å². The van der Waals surface area contributed by atoms with E-state index in [9.17, 15) is 13.2 Å². The van der Waals surface area contributed by atoms with Gasteiger partial charge in [-0.1, -0.05) is 30.3 Å². The van der Waals surface area contributed by atoms with E-state index >= 15 is 0 Å². The number of rotatable bonds is 7. The van der Waals surface area contributed by atoms with Crippen molar-refractivity contribution in [2.75, 3.05) is 19.6 Å². The average molecular weight is 388 g/mol. The van der Waals surface area contributed by atoms with Gasteiger partial charge in [-0.05, 0) is 30.2 Å². The molecule has 0 aliphatic carbocycles. The van der Waals surface area contributed by atoms with Crippen LogP contribution in [0.4, 0.5) is 0 Å². The van der Waals surface area contributed by atoms with Gasteiger partial charge in [-0.25, -0.2) is 13.2 Å². The van der Waals surface area contributed by atoms with Gasteiger partial charge in [0.05, 0.1) is 15.9 Å². The van der Waals surface area contributed by atoms with Gasteiger partial charge in [-0.3, -0.25) is 9.13 Å². The third-order valence-corrected chi connectivity index (χ3v) is 6.65. The van der Waals surface area contributed by atoms with Gasteiger partial charge in [0.1, 0.15) is 0 Å².